The Morgan fingerprint density at radius 1 is 1.41 bits per heavy atom. The van der Waals surface area contributed by atoms with Crippen LogP contribution in [0.15, 0.2) is 29.6 Å². The molecule has 2 aromatic rings. The van der Waals surface area contributed by atoms with E-state index in [1.54, 1.807) is 11.3 Å². The zero-order valence-electron chi connectivity index (χ0n) is 13.2. The van der Waals surface area contributed by atoms with Gasteiger partial charge in [0, 0.05) is 47.4 Å². The number of rotatable bonds is 2. The van der Waals surface area contributed by atoms with Crippen LogP contribution in [0.3, 0.4) is 0 Å². The van der Waals surface area contributed by atoms with E-state index in [0.29, 0.717) is 6.04 Å². The number of nitrogens with zero attached hydrogens (tertiary/aromatic N) is 2. The molecule has 1 aromatic carbocycles. The van der Waals surface area contributed by atoms with Gasteiger partial charge in [0.05, 0.1) is 0 Å². The van der Waals surface area contributed by atoms with Crippen LogP contribution in [-0.4, -0.2) is 41.0 Å². The molecule has 1 aliphatic heterocycles. The molecule has 1 amide bonds. The van der Waals surface area contributed by atoms with Crippen LogP contribution >= 0.6 is 11.3 Å². The van der Waals surface area contributed by atoms with Crippen LogP contribution in [0.4, 0.5) is 0 Å². The summed E-state index contributed by atoms with van der Waals surface area (Å²) >= 11 is 1.61. The molecule has 0 aliphatic carbocycles. The molecule has 2 heterocycles. The number of aryl methyl sites for hydroxylation is 1. The second kappa shape index (κ2) is 6.18. The summed E-state index contributed by atoms with van der Waals surface area (Å²) in [5.41, 5.74) is 2.77. The van der Waals surface area contributed by atoms with Crippen LogP contribution in [0.2, 0.25) is 0 Å². The third-order valence-electron chi connectivity index (χ3n) is 4.27. The first-order chi connectivity index (χ1) is 10.6. The summed E-state index contributed by atoms with van der Waals surface area (Å²) in [5.74, 6) is 0.107. The van der Waals surface area contributed by atoms with Crippen LogP contribution in [0.5, 0.6) is 0 Å². The molecule has 2 unspecified atom stereocenters. The van der Waals surface area contributed by atoms with Gasteiger partial charge in [-0.15, -0.1) is 11.3 Å². The molecule has 1 saturated heterocycles. The molecule has 5 heteroatoms. The number of carbonyl (C=O) groups excluding carboxylic acids is 1. The summed E-state index contributed by atoms with van der Waals surface area (Å²) in [4.78, 5) is 19.3. The van der Waals surface area contributed by atoms with E-state index in [1.165, 1.54) is 0 Å². The molecule has 3 rings (SSSR count). The lowest BCUT2D eigenvalue weighted by molar-refractivity contribution is 0.0603. The molecule has 1 aliphatic rings. The number of hydrogen-bond acceptors (Lipinski definition) is 4. The lowest BCUT2D eigenvalue weighted by Gasteiger charge is -2.38. The Labute approximate surface area is 135 Å². The molecule has 0 radical (unpaired) electrons. The van der Waals surface area contributed by atoms with Crippen molar-refractivity contribution in [1.82, 2.24) is 15.2 Å². The Hall–Kier alpha value is -1.72. The number of benzene rings is 1. The van der Waals surface area contributed by atoms with Gasteiger partial charge in [-0.2, -0.15) is 0 Å². The lowest BCUT2D eigenvalue weighted by Crippen LogP contribution is -2.57. The minimum atomic E-state index is 0.107. The summed E-state index contributed by atoms with van der Waals surface area (Å²) in [6, 6.07) is 8.33. The van der Waals surface area contributed by atoms with E-state index in [4.69, 9.17) is 0 Å². The third kappa shape index (κ3) is 2.91. The predicted molar refractivity (Wildman–Crippen MR) is 90.3 cm³/mol. The van der Waals surface area contributed by atoms with E-state index >= 15 is 0 Å². The van der Waals surface area contributed by atoms with Crippen molar-refractivity contribution < 1.29 is 4.79 Å². The fourth-order valence-corrected chi connectivity index (χ4v) is 3.58. The van der Waals surface area contributed by atoms with Crippen molar-refractivity contribution in [1.29, 1.82) is 0 Å². The first-order valence-corrected chi connectivity index (χ1v) is 8.51. The van der Waals surface area contributed by atoms with Crippen molar-refractivity contribution in [3.05, 3.63) is 40.9 Å². The van der Waals surface area contributed by atoms with Crippen molar-refractivity contribution in [3.8, 4) is 10.6 Å². The Morgan fingerprint density at radius 3 is 2.95 bits per heavy atom. The SMILES string of the molecule is Cc1csc(-c2cccc(C(=O)N3CCNC(C)C3C)c2)n1. The fourth-order valence-electron chi connectivity index (χ4n) is 2.78. The zero-order valence-corrected chi connectivity index (χ0v) is 14.0. The highest BCUT2D eigenvalue weighted by Crippen LogP contribution is 2.25. The number of hydrogen-bond donors (Lipinski definition) is 1. The van der Waals surface area contributed by atoms with Crippen LogP contribution in [0.1, 0.15) is 29.9 Å². The maximum absolute atomic E-state index is 12.8. The Balaban J connectivity index is 1.87. The van der Waals surface area contributed by atoms with E-state index in [9.17, 15) is 4.79 Å². The molecule has 1 fully saturated rings. The number of carbonyl (C=O) groups is 1. The largest absolute Gasteiger partial charge is 0.333 e. The third-order valence-corrected chi connectivity index (χ3v) is 5.28. The van der Waals surface area contributed by atoms with Gasteiger partial charge in [0.15, 0.2) is 0 Å². The molecular weight excluding hydrogens is 294 g/mol. The fraction of sp³-hybridized carbons (Fsp3) is 0.412. The number of aromatic nitrogens is 1. The zero-order chi connectivity index (χ0) is 15.7. The van der Waals surface area contributed by atoms with Gasteiger partial charge >= 0.3 is 0 Å². The standard InChI is InChI=1S/C17H21N3OS/c1-11-10-22-16(19-11)14-5-4-6-15(9-14)17(21)20-8-7-18-12(2)13(20)3/h4-6,9-10,12-13,18H,7-8H2,1-3H3. The van der Waals surface area contributed by atoms with Gasteiger partial charge in [0.1, 0.15) is 5.01 Å². The first-order valence-electron chi connectivity index (χ1n) is 7.63. The highest BCUT2D eigenvalue weighted by Gasteiger charge is 2.28. The molecule has 22 heavy (non-hydrogen) atoms. The van der Waals surface area contributed by atoms with E-state index in [1.807, 2.05) is 41.5 Å². The average Bonchev–Trinajstić information content (AvgIpc) is 2.96. The second-order valence-electron chi connectivity index (χ2n) is 5.86. The maximum atomic E-state index is 12.8. The lowest BCUT2D eigenvalue weighted by atomic mass is 10.0. The maximum Gasteiger partial charge on any atom is 0.254 e. The molecule has 1 aromatic heterocycles. The van der Waals surface area contributed by atoms with Crippen molar-refractivity contribution in [3.63, 3.8) is 0 Å². The molecular formula is C17H21N3OS. The minimum absolute atomic E-state index is 0.107. The number of thiazole rings is 1. The normalized spacial score (nSPS) is 21.9. The highest BCUT2D eigenvalue weighted by molar-refractivity contribution is 7.13. The molecule has 0 spiro atoms. The van der Waals surface area contributed by atoms with Gasteiger partial charge in [-0.3, -0.25) is 4.79 Å². The quantitative estimate of drug-likeness (QED) is 0.927. The van der Waals surface area contributed by atoms with Crippen LogP contribution < -0.4 is 5.32 Å². The van der Waals surface area contributed by atoms with Crippen molar-refractivity contribution >= 4 is 17.2 Å². The van der Waals surface area contributed by atoms with Crippen LogP contribution in [0, 0.1) is 6.92 Å². The monoisotopic (exact) mass is 315 g/mol. The minimum Gasteiger partial charge on any atom is -0.333 e. The number of nitrogens with one attached hydrogen (secondary N) is 1. The summed E-state index contributed by atoms with van der Waals surface area (Å²) in [7, 11) is 0. The first kappa shape index (κ1) is 15.2. The topological polar surface area (TPSA) is 45.2 Å². The van der Waals surface area contributed by atoms with Gasteiger partial charge in [-0.1, -0.05) is 12.1 Å². The smallest absolute Gasteiger partial charge is 0.254 e. The van der Waals surface area contributed by atoms with Crippen molar-refractivity contribution in [2.75, 3.05) is 13.1 Å². The molecule has 1 N–H and O–H groups in total. The van der Waals surface area contributed by atoms with Crippen molar-refractivity contribution in [2.24, 2.45) is 0 Å². The summed E-state index contributed by atoms with van der Waals surface area (Å²) in [6.45, 7) is 7.81. The van der Waals surface area contributed by atoms with E-state index in [2.05, 4.69) is 24.1 Å². The van der Waals surface area contributed by atoms with Gasteiger partial charge < -0.3 is 10.2 Å². The number of piperazine rings is 1. The predicted octanol–water partition coefficient (Wildman–Crippen LogP) is 2.94. The molecule has 2 atom stereocenters. The Morgan fingerprint density at radius 2 is 2.23 bits per heavy atom. The van der Waals surface area contributed by atoms with Gasteiger partial charge in [0.25, 0.3) is 5.91 Å². The van der Waals surface area contributed by atoms with Crippen molar-refractivity contribution in [2.45, 2.75) is 32.9 Å². The van der Waals surface area contributed by atoms with E-state index < -0.39 is 0 Å². The van der Waals surface area contributed by atoms with Gasteiger partial charge in [0.2, 0.25) is 0 Å². The average molecular weight is 315 g/mol. The Bertz CT molecular complexity index is 682. The molecule has 4 nitrogen and oxygen atoms in total. The van der Waals surface area contributed by atoms with E-state index in [-0.39, 0.29) is 11.9 Å². The Kier molecular flexibility index (Phi) is 4.27. The highest BCUT2D eigenvalue weighted by atomic mass is 32.1. The summed E-state index contributed by atoms with van der Waals surface area (Å²) < 4.78 is 0. The molecule has 0 saturated carbocycles. The summed E-state index contributed by atoms with van der Waals surface area (Å²) in [5, 5.41) is 6.40. The van der Waals surface area contributed by atoms with Crippen LogP contribution in [-0.2, 0) is 0 Å². The second-order valence-corrected chi connectivity index (χ2v) is 6.71. The number of amides is 1. The van der Waals surface area contributed by atoms with Crippen LogP contribution in [0.25, 0.3) is 10.6 Å². The molecule has 0 bridgehead atoms. The van der Waals surface area contributed by atoms with Gasteiger partial charge in [-0.25, -0.2) is 4.98 Å². The summed E-state index contributed by atoms with van der Waals surface area (Å²) in [6.07, 6.45) is 0. The van der Waals surface area contributed by atoms with Gasteiger partial charge in [-0.05, 0) is 32.9 Å². The molecule has 116 valence electrons. The van der Waals surface area contributed by atoms with E-state index in [0.717, 1.165) is 34.9 Å².